The molecule has 2 bridgehead atoms. The standard InChI is InChI=1S/C23H27N3O6/c1-3-31-22(29)25-11-9-24(10-12-25)20(27)18-17-7-8-23(32-17)14-26(21(28)19(18)23)15-5-4-6-16(13-15)30-2/h4-8,13,17-19H,3,9-12,14H2,1-2H3/t17-,18+,19+,23+/m1/s1. The Morgan fingerprint density at radius 2 is 1.94 bits per heavy atom. The fourth-order valence-corrected chi connectivity index (χ4v) is 5.31. The number of carbonyl (C=O) groups is 3. The van der Waals surface area contributed by atoms with Gasteiger partial charge >= 0.3 is 6.09 Å². The number of fused-ring (bicyclic) bond motifs is 1. The SMILES string of the molecule is CCOC(=O)N1CCN(C(=O)[C@@H]2[C@H]3C(=O)N(c4cccc(OC)c4)C[C@@]34C=C[C@H]2O4)CC1. The largest absolute Gasteiger partial charge is 0.497 e. The van der Waals surface area contributed by atoms with Crippen LogP contribution in [0, 0.1) is 11.8 Å². The fraction of sp³-hybridized carbons (Fsp3) is 0.522. The summed E-state index contributed by atoms with van der Waals surface area (Å²) < 4.78 is 16.6. The van der Waals surface area contributed by atoms with E-state index in [4.69, 9.17) is 14.2 Å². The van der Waals surface area contributed by atoms with Gasteiger partial charge in [0.2, 0.25) is 11.8 Å². The van der Waals surface area contributed by atoms with Crippen molar-refractivity contribution in [1.29, 1.82) is 0 Å². The van der Waals surface area contributed by atoms with Crippen LogP contribution in [-0.4, -0.2) is 85.9 Å². The van der Waals surface area contributed by atoms with Gasteiger partial charge in [-0.3, -0.25) is 9.59 Å². The van der Waals surface area contributed by atoms with Crippen LogP contribution in [0.15, 0.2) is 36.4 Å². The van der Waals surface area contributed by atoms with Crippen molar-refractivity contribution in [1.82, 2.24) is 9.80 Å². The highest BCUT2D eigenvalue weighted by Crippen LogP contribution is 2.53. The smallest absolute Gasteiger partial charge is 0.409 e. The second-order valence-electron chi connectivity index (χ2n) is 8.54. The van der Waals surface area contributed by atoms with Crippen molar-refractivity contribution in [3.63, 3.8) is 0 Å². The van der Waals surface area contributed by atoms with Crippen molar-refractivity contribution in [3.8, 4) is 5.75 Å². The summed E-state index contributed by atoms with van der Waals surface area (Å²) in [5.74, 6) is -0.640. The van der Waals surface area contributed by atoms with Crippen molar-refractivity contribution in [2.45, 2.75) is 18.6 Å². The maximum Gasteiger partial charge on any atom is 0.409 e. The normalized spacial score (nSPS) is 30.6. The number of hydrogen-bond acceptors (Lipinski definition) is 6. The van der Waals surface area contributed by atoms with E-state index >= 15 is 0 Å². The van der Waals surface area contributed by atoms with Crippen LogP contribution in [-0.2, 0) is 19.1 Å². The van der Waals surface area contributed by atoms with E-state index in [0.717, 1.165) is 5.69 Å². The number of rotatable bonds is 4. The minimum absolute atomic E-state index is 0.0874. The van der Waals surface area contributed by atoms with Crippen molar-refractivity contribution in [3.05, 3.63) is 36.4 Å². The molecule has 0 N–H and O–H groups in total. The highest BCUT2D eigenvalue weighted by Gasteiger charge is 2.67. The minimum atomic E-state index is -0.780. The third kappa shape index (κ3) is 3.14. The molecule has 3 amide bonds. The first-order valence-electron chi connectivity index (χ1n) is 11.0. The Balaban J connectivity index is 1.33. The monoisotopic (exact) mass is 441 g/mol. The molecule has 9 heteroatoms. The molecule has 4 aliphatic heterocycles. The topological polar surface area (TPSA) is 88.6 Å². The molecular formula is C23H27N3O6. The third-order valence-corrected chi connectivity index (χ3v) is 6.87. The lowest BCUT2D eigenvalue weighted by molar-refractivity contribution is -0.141. The van der Waals surface area contributed by atoms with Gasteiger partial charge in [0, 0.05) is 37.9 Å². The molecule has 32 heavy (non-hydrogen) atoms. The van der Waals surface area contributed by atoms with Gasteiger partial charge in [0.15, 0.2) is 0 Å². The molecule has 3 fully saturated rings. The van der Waals surface area contributed by atoms with Crippen LogP contribution in [0.25, 0.3) is 0 Å². The lowest BCUT2D eigenvalue weighted by Gasteiger charge is -2.36. The molecule has 0 radical (unpaired) electrons. The molecule has 0 aliphatic carbocycles. The van der Waals surface area contributed by atoms with Gasteiger partial charge in [0.1, 0.15) is 11.4 Å². The molecule has 3 saturated heterocycles. The Kier molecular flexibility index (Phi) is 5.08. The Morgan fingerprint density at radius 3 is 2.66 bits per heavy atom. The second kappa shape index (κ2) is 7.81. The van der Waals surface area contributed by atoms with Gasteiger partial charge in [0.25, 0.3) is 0 Å². The Hall–Kier alpha value is -3.07. The van der Waals surface area contributed by atoms with Crippen molar-refractivity contribution in [2.24, 2.45) is 11.8 Å². The molecule has 9 nitrogen and oxygen atoms in total. The molecule has 0 aromatic heterocycles. The van der Waals surface area contributed by atoms with E-state index in [2.05, 4.69) is 0 Å². The highest BCUT2D eigenvalue weighted by atomic mass is 16.6. The van der Waals surface area contributed by atoms with Crippen LogP contribution in [0.5, 0.6) is 5.75 Å². The number of methoxy groups -OCH3 is 1. The molecule has 1 aromatic carbocycles. The lowest BCUT2D eigenvalue weighted by atomic mass is 9.76. The van der Waals surface area contributed by atoms with E-state index in [0.29, 0.717) is 45.1 Å². The van der Waals surface area contributed by atoms with Crippen molar-refractivity contribution < 1.29 is 28.6 Å². The first kappa shape index (κ1) is 20.8. The zero-order valence-electron chi connectivity index (χ0n) is 18.2. The zero-order chi connectivity index (χ0) is 22.5. The van der Waals surface area contributed by atoms with Crippen LogP contribution < -0.4 is 9.64 Å². The number of benzene rings is 1. The Morgan fingerprint density at radius 1 is 1.19 bits per heavy atom. The number of hydrogen-bond donors (Lipinski definition) is 0. The number of piperazine rings is 1. The number of carbonyl (C=O) groups excluding carboxylic acids is 3. The van der Waals surface area contributed by atoms with Gasteiger partial charge < -0.3 is 28.9 Å². The molecule has 4 heterocycles. The van der Waals surface area contributed by atoms with Crippen molar-refractivity contribution in [2.75, 3.05) is 51.3 Å². The molecule has 5 rings (SSSR count). The van der Waals surface area contributed by atoms with Gasteiger partial charge in [-0.1, -0.05) is 18.2 Å². The van der Waals surface area contributed by atoms with Crippen molar-refractivity contribution >= 4 is 23.6 Å². The van der Waals surface area contributed by atoms with E-state index in [1.165, 1.54) is 0 Å². The molecule has 4 aliphatic rings. The average molecular weight is 441 g/mol. The summed E-state index contributed by atoms with van der Waals surface area (Å²) in [6.07, 6.45) is 3.11. The molecule has 1 spiro atoms. The predicted molar refractivity (Wildman–Crippen MR) is 114 cm³/mol. The summed E-state index contributed by atoms with van der Waals surface area (Å²) in [6, 6.07) is 7.34. The summed E-state index contributed by atoms with van der Waals surface area (Å²) in [7, 11) is 1.59. The van der Waals surface area contributed by atoms with E-state index in [-0.39, 0.29) is 17.9 Å². The number of nitrogens with zero attached hydrogens (tertiary/aromatic N) is 3. The quantitative estimate of drug-likeness (QED) is 0.654. The first-order valence-corrected chi connectivity index (χ1v) is 11.0. The Labute approximate surface area is 186 Å². The summed E-state index contributed by atoms with van der Waals surface area (Å²) in [4.78, 5) is 44.0. The molecule has 1 aromatic rings. The predicted octanol–water partition coefficient (Wildman–Crippen LogP) is 1.28. The molecule has 170 valence electrons. The lowest BCUT2D eigenvalue weighted by Crippen LogP contribution is -2.54. The first-order chi connectivity index (χ1) is 15.5. The zero-order valence-corrected chi connectivity index (χ0v) is 18.2. The highest BCUT2D eigenvalue weighted by molar-refractivity contribution is 6.03. The van der Waals surface area contributed by atoms with Gasteiger partial charge in [0.05, 0.1) is 38.2 Å². The summed E-state index contributed by atoms with van der Waals surface area (Å²) in [6.45, 7) is 4.12. The summed E-state index contributed by atoms with van der Waals surface area (Å²) in [5.41, 5.74) is -0.0504. The van der Waals surface area contributed by atoms with Crippen LogP contribution in [0.4, 0.5) is 10.5 Å². The number of anilines is 1. The molecular weight excluding hydrogens is 414 g/mol. The minimum Gasteiger partial charge on any atom is -0.497 e. The summed E-state index contributed by atoms with van der Waals surface area (Å²) >= 11 is 0. The average Bonchev–Trinajstić information content (AvgIpc) is 3.47. The van der Waals surface area contributed by atoms with Crippen LogP contribution in [0.3, 0.4) is 0 Å². The van der Waals surface area contributed by atoms with E-state index in [9.17, 15) is 14.4 Å². The number of amides is 3. The van der Waals surface area contributed by atoms with E-state index in [1.54, 1.807) is 28.7 Å². The van der Waals surface area contributed by atoms with Gasteiger partial charge in [-0.2, -0.15) is 0 Å². The van der Waals surface area contributed by atoms with Gasteiger partial charge in [-0.15, -0.1) is 0 Å². The van der Waals surface area contributed by atoms with Crippen LogP contribution in [0.2, 0.25) is 0 Å². The maximum absolute atomic E-state index is 13.5. The molecule has 0 unspecified atom stereocenters. The van der Waals surface area contributed by atoms with Gasteiger partial charge in [-0.25, -0.2) is 4.79 Å². The second-order valence-corrected chi connectivity index (χ2v) is 8.54. The molecule has 4 atom stereocenters. The molecule has 0 saturated carbocycles. The maximum atomic E-state index is 13.5. The van der Waals surface area contributed by atoms with E-state index < -0.39 is 23.5 Å². The van der Waals surface area contributed by atoms with E-state index in [1.807, 2.05) is 36.4 Å². The van der Waals surface area contributed by atoms with Crippen LogP contribution in [0.1, 0.15) is 6.92 Å². The third-order valence-electron chi connectivity index (χ3n) is 6.87. The summed E-state index contributed by atoms with van der Waals surface area (Å²) in [5, 5.41) is 0. The van der Waals surface area contributed by atoms with Gasteiger partial charge in [-0.05, 0) is 19.1 Å². The number of ether oxygens (including phenoxy) is 3. The Bertz CT molecular complexity index is 972. The van der Waals surface area contributed by atoms with Crippen LogP contribution >= 0.6 is 0 Å². The fourth-order valence-electron chi connectivity index (χ4n) is 5.31.